The van der Waals surface area contributed by atoms with Crippen LogP contribution in [0, 0.1) is 0 Å². The molecule has 0 unspecified atom stereocenters. The van der Waals surface area contributed by atoms with Gasteiger partial charge in [-0.2, -0.15) is 0 Å². The van der Waals surface area contributed by atoms with Crippen LogP contribution in [0.15, 0.2) is 91.0 Å². The minimum atomic E-state index is -2.22. The molecule has 0 fully saturated rings. The Balaban J connectivity index is 1.97. The molecule has 33 heavy (non-hydrogen) atoms. The normalized spacial score (nSPS) is 12.4. The van der Waals surface area contributed by atoms with Gasteiger partial charge in [-0.15, -0.1) is 0 Å². The van der Waals surface area contributed by atoms with E-state index in [1.807, 2.05) is 24.0 Å². The molecule has 3 aromatic carbocycles. The van der Waals surface area contributed by atoms with Crippen LogP contribution in [-0.2, 0) is 9.22 Å². The summed E-state index contributed by atoms with van der Waals surface area (Å²) >= 11 is 0. The van der Waals surface area contributed by atoms with Crippen LogP contribution in [0.5, 0.6) is 0 Å². The lowest BCUT2D eigenvalue weighted by Crippen LogP contribution is -2.41. The van der Waals surface area contributed by atoms with E-state index in [1.165, 1.54) is 15.9 Å². The molecule has 174 valence electrons. The molecule has 3 rings (SSSR count). The summed E-state index contributed by atoms with van der Waals surface area (Å²) in [5.41, 5.74) is 0. The van der Waals surface area contributed by atoms with E-state index >= 15 is 0 Å². The van der Waals surface area contributed by atoms with Crippen molar-refractivity contribution in [3.05, 3.63) is 91.0 Å². The number of benzene rings is 3. The highest BCUT2D eigenvalue weighted by atomic mass is 31.2. The number of carbonyl (C=O) groups is 1. The molecule has 0 aliphatic heterocycles. The molecule has 0 radical (unpaired) electrons. The molecule has 0 bridgehead atoms. The summed E-state index contributed by atoms with van der Waals surface area (Å²) in [6.07, 6.45) is 1.25. The quantitative estimate of drug-likeness (QED) is 0.210. The smallest absolute Gasteiger partial charge is 0.191 e. The molecule has 0 aliphatic carbocycles. The second-order valence-electron chi connectivity index (χ2n) is 10.0. The van der Waals surface area contributed by atoms with Gasteiger partial charge in [-0.05, 0) is 53.1 Å². The summed E-state index contributed by atoms with van der Waals surface area (Å²) in [6, 6.07) is 31.5. The Morgan fingerprint density at radius 1 is 0.788 bits per heavy atom. The van der Waals surface area contributed by atoms with Crippen LogP contribution >= 0.6 is 6.89 Å². The average Bonchev–Trinajstić information content (AvgIpc) is 2.81. The number of hydrogen-bond acceptors (Lipinski definition) is 2. The first-order valence-electron chi connectivity index (χ1n) is 11.8. The number of hydrogen-bond donors (Lipinski definition) is 0. The zero-order valence-corrected chi connectivity index (χ0v) is 22.5. The Labute approximate surface area is 201 Å². The van der Waals surface area contributed by atoms with E-state index < -0.39 is 15.2 Å². The van der Waals surface area contributed by atoms with Gasteiger partial charge in [0.25, 0.3) is 0 Å². The third-order valence-corrected chi connectivity index (χ3v) is 15.2. The van der Waals surface area contributed by atoms with Crippen molar-refractivity contribution >= 4 is 42.7 Å². The number of rotatable bonds is 9. The Morgan fingerprint density at radius 2 is 1.18 bits per heavy atom. The molecule has 4 heteroatoms. The fraction of sp³-hybridized carbons (Fsp3) is 0.310. The third kappa shape index (κ3) is 6.03. The highest BCUT2D eigenvalue weighted by molar-refractivity contribution is 7.95. The van der Waals surface area contributed by atoms with Gasteiger partial charge in [0.1, 0.15) is 0 Å². The van der Waals surface area contributed by atoms with Gasteiger partial charge in [0.05, 0.1) is 0 Å². The van der Waals surface area contributed by atoms with E-state index in [-0.39, 0.29) is 10.8 Å². The maximum Gasteiger partial charge on any atom is 0.191 e. The number of ketones is 1. The topological polar surface area (TPSA) is 26.3 Å². The van der Waals surface area contributed by atoms with Crippen LogP contribution in [0.25, 0.3) is 0 Å². The van der Waals surface area contributed by atoms with E-state index in [9.17, 15) is 4.79 Å². The fourth-order valence-electron chi connectivity index (χ4n) is 3.73. The van der Waals surface area contributed by atoms with E-state index in [1.54, 1.807) is 0 Å². The van der Waals surface area contributed by atoms with Crippen molar-refractivity contribution in [3.63, 3.8) is 0 Å². The van der Waals surface area contributed by atoms with Crippen molar-refractivity contribution in [2.45, 2.75) is 51.7 Å². The minimum absolute atomic E-state index is 0.178. The highest BCUT2D eigenvalue weighted by Crippen LogP contribution is 2.43. The summed E-state index contributed by atoms with van der Waals surface area (Å²) < 4.78 is 6.31. The van der Waals surface area contributed by atoms with Crippen molar-refractivity contribution in [3.8, 4) is 0 Å². The predicted octanol–water partition coefficient (Wildman–Crippen LogP) is 6.15. The Bertz CT molecular complexity index is 981. The van der Waals surface area contributed by atoms with Crippen LogP contribution in [0.2, 0.25) is 18.1 Å². The van der Waals surface area contributed by atoms with Crippen LogP contribution in [0.4, 0.5) is 0 Å². The van der Waals surface area contributed by atoms with Crippen molar-refractivity contribution < 1.29 is 9.22 Å². The third-order valence-electron chi connectivity index (χ3n) is 6.66. The molecule has 0 saturated heterocycles. The van der Waals surface area contributed by atoms with Crippen LogP contribution in [-0.4, -0.2) is 26.5 Å². The maximum atomic E-state index is 13.4. The summed E-state index contributed by atoms with van der Waals surface area (Å²) in [5.74, 6) is 2.23. The summed E-state index contributed by atoms with van der Waals surface area (Å²) in [6.45, 7) is 9.68. The lowest BCUT2D eigenvalue weighted by atomic mass is 10.2. The van der Waals surface area contributed by atoms with Crippen molar-refractivity contribution in [2.24, 2.45) is 0 Å². The Morgan fingerprint density at radius 3 is 1.55 bits per heavy atom. The second-order valence-corrected chi connectivity index (χ2v) is 18.1. The van der Waals surface area contributed by atoms with Gasteiger partial charge in [-0.25, -0.2) is 0 Å². The van der Waals surface area contributed by atoms with Gasteiger partial charge < -0.3 is 4.43 Å². The predicted molar refractivity (Wildman–Crippen MR) is 149 cm³/mol. The van der Waals surface area contributed by atoms with Crippen molar-refractivity contribution in [1.29, 1.82) is 0 Å². The van der Waals surface area contributed by atoms with Gasteiger partial charge in [-0.1, -0.05) is 112 Å². The lowest BCUT2D eigenvalue weighted by Gasteiger charge is -2.36. The minimum Gasteiger partial charge on any atom is -0.417 e. The Kier molecular flexibility index (Phi) is 8.34. The highest BCUT2D eigenvalue weighted by Gasteiger charge is 2.36. The molecule has 0 heterocycles. The molecule has 0 atom stereocenters. The van der Waals surface area contributed by atoms with Gasteiger partial charge in [0.15, 0.2) is 14.1 Å². The van der Waals surface area contributed by atoms with Gasteiger partial charge in [-0.3, -0.25) is 4.79 Å². The van der Waals surface area contributed by atoms with Gasteiger partial charge >= 0.3 is 0 Å². The average molecular weight is 477 g/mol. The molecule has 3 aromatic rings. The molecule has 0 aliphatic rings. The second kappa shape index (κ2) is 10.8. The Hall–Kier alpha value is -2.19. The zero-order chi connectivity index (χ0) is 24.0. The van der Waals surface area contributed by atoms with Crippen molar-refractivity contribution in [1.82, 2.24) is 0 Å². The first-order chi connectivity index (χ1) is 15.7. The van der Waals surface area contributed by atoms with E-state index in [2.05, 4.69) is 107 Å². The molecular formula is C29H37O2PSi. The lowest BCUT2D eigenvalue weighted by molar-refractivity contribution is -0.112. The van der Waals surface area contributed by atoms with Crippen molar-refractivity contribution in [2.75, 3.05) is 6.61 Å². The summed E-state index contributed by atoms with van der Waals surface area (Å²) in [5, 5.41) is 3.78. The molecular weight excluding hydrogens is 439 g/mol. The number of carbonyl (C=O) groups excluding carboxylic acids is 1. The molecule has 0 amide bonds. The van der Waals surface area contributed by atoms with Crippen LogP contribution in [0.1, 0.15) is 33.6 Å². The molecule has 0 spiro atoms. The number of Topliss-reactive ketones (excluding diaryl/α,β-unsaturated/α-hetero) is 1. The largest absolute Gasteiger partial charge is 0.417 e. The zero-order valence-electron chi connectivity index (χ0n) is 20.6. The first kappa shape index (κ1) is 25.4. The van der Waals surface area contributed by atoms with E-state index in [0.717, 1.165) is 6.42 Å². The first-order valence-corrected chi connectivity index (χ1v) is 16.5. The SMILES string of the molecule is CC(C)(C)[Si](C)(C)OCCCC(=O)C=P(c1ccccc1)(c1ccccc1)c1ccccc1. The monoisotopic (exact) mass is 476 g/mol. The molecule has 2 nitrogen and oxygen atoms in total. The maximum absolute atomic E-state index is 13.4. The van der Waals surface area contributed by atoms with E-state index in [4.69, 9.17) is 4.43 Å². The van der Waals surface area contributed by atoms with Crippen LogP contribution in [0.3, 0.4) is 0 Å². The summed E-state index contributed by atoms with van der Waals surface area (Å²) in [4.78, 5) is 13.4. The molecule has 0 N–H and O–H groups in total. The van der Waals surface area contributed by atoms with E-state index in [0.29, 0.717) is 13.0 Å². The van der Waals surface area contributed by atoms with Gasteiger partial charge in [0, 0.05) is 13.0 Å². The fourth-order valence-corrected chi connectivity index (χ4v) is 8.65. The van der Waals surface area contributed by atoms with Gasteiger partial charge in [0.2, 0.25) is 0 Å². The molecule has 0 saturated carbocycles. The standard InChI is InChI=1S/C29H37O2PSi/c1-29(2,3)33(4,5)31-23-15-16-25(30)24-32(26-17-9-6-10-18-26,27-19-11-7-12-20-27)28-21-13-8-14-22-28/h6-14,17-22,24H,15-16,23H2,1-5H3. The van der Waals surface area contributed by atoms with Crippen LogP contribution < -0.4 is 15.9 Å². The molecule has 0 aromatic heterocycles. The summed E-state index contributed by atoms with van der Waals surface area (Å²) in [7, 11) is -1.80.